The predicted molar refractivity (Wildman–Crippen MR) is 69.5 cm³/mol. The molecule has 0 aromatic carbocycles. The third-order valence-electron chi connectivity index (χ3n) is 1.39. The number of hydrogen-bond acceptors (Lipinski definition) is 6. The van der Waals surface area contributed by atoms with Crippen LogP contribution in [0.15, 0.2) is 0 Å². The molecule has 0 aliphatic carbocycles. The molecule has 6 nitrogen and oxygen atoms in total. The normalized spacial score (nSPS) is 12.4. The van der Waals surface area contributed by atoms with E-state index in [9.17, 15) is 14.4 Å². The fourth-order valence-electron chi connectivity index (χ4n) is 0.666. The number of nitrogens with one attached hydrogen (secondary N) is 1. The minimum atomic E-state index is -1.69. The Bertz CT molecular complexity index is 310. The number of halogens is 3. The summed E-state index contributed by atoms with van der Waals surface area (Å²) in [4.78, 5) is 32.6. The molecule has 0 heterocycles. The van der Waals surface area contributed by atoms with Crippen LogP contribution in [0.25, 0.3) is 0 Å². The average molecular weight is 339 g/mol. The van der Waals surface area contributed by atoms with E-state index < -0.39 is 27.8 Å². The van der Waals surface area contributed by atoms with Crippen molar-refractivity contribution in [3.05, 3.63) is 0 Å². The maximum absolute atomic E-state index is 11.2. The number of hydrogen-bond donors (Lipinski definition) is 1. The number of carbonyl (C=O) groups excluding carboxylic acids is 3. The Labute approximate surface area is 123 Å². The first-order chi connectivity index (χ1) is 8.28. The van der Waals surface area contributed by atoms with Crippen molar-refractivity contribution in [1.82, 2.24) is 5.32 Å². The summed E-state index contributed by atoms with van der Waals surface area (Å²) < 4.78 is 7.21. The second kappa shape index (κ2) is 8.68. The monoisotopic (exact) mass is 337 g/mol. The highest BCUT2D eigenvalue weighted by atomic mass is 35.6. The number of amides is 1. The minimum absolute atomic E-state index is 0.0166. The third kappa shape index (κ3) is 9.64. The molecular weight excluding hydrogens is 329 g/mol. The zero-order valence-electron chi connectivity index (χ0n) is 9.15. The van der Waals surface area contributed by atoms with Gasteiger partial charge in [-0.2, -0.15) is 0 Å². The Hall–Kier alpha value is -0.370. The van der Waals surface area contributed by atoms with Gasteiger partial charge in [-0.3, -0.25) is 0 Å². The van der Waals surface area contributed by atoms with Gasteiger partial charge in [0, 0.05) is 5.75 Å². The van der Waals surface area contributed by atoms with E-state index in [0.717, 1.165) is 7.11 Å². The predicted octanol–water partition coefficient (Wildman–Crippen LogP) is 2.15. The summed E-state index contributed by atoms with van der Waals surface area (Å²) in [5.41, 5.74) is 0. The number of alkyl halides is 3. The summed E-state index contributed by atoms with van der Waals surface area (Å²) in [6.45, 7) is -0.403. The Balaban J connectivity index is 3.94. The Morgan fingerprint density at radius 1 is 1.44 bits per heavy atom. The van der Waals surface area contributed by atoms with Crippen LogP contribution >= 0.6 is 46.6 Å². The van der Waals surface area contributed by atoms with Crippen LogP contribution in [0.1, 0.15) is 0 Å². The van der Waals surface area contributed by atoms with E-state index in [4.69, 9.17) is 34.8 Å². The highest BCUT2D eigenvalue weighted by molar-refractivity contribution is 8.13. The number of carbonyl (C=O) groups is 3. The van der Waals surface area contributed by atoms with Crippen LogP contribution in [0.5, 0.6) is 0 Å². The number of thioether (sulfide) groups is 1. The molecule has 0 unspecified atom stereocenters. The topological polar surface area (TPSA) is 81.7 Å². The largest absolute Gasteiger partial charge is 0.453 e. The number of alkyl carbamates (subject to hydrolysis) is 1. The molecule has 0 radical (unpaired) electrons. The third-order valence-corrected chi connectivity index (χ3v) is 2.59. The quantitative estimate of drug-likeness (QED) is 0.470. The first-order valence-corrected chi connectivity index (χ1v) is 6.56. The second-order valence-corrected chi connectivity index (χ2v) is 6.31. The van der Waals surface area contributed by atoms with Crippen LogP contribution in [0.3, 0.4) is 0 Å². The van der Waals surface area contributed by atoms with E-state index in [-0.39, 0.29) is 5.75 Å². The van der Waals surface area contributed by atoms with Gasteiger partial charge in [-0.25, -0.2) is 9.59 Å². The molecule has 10 heteroatoms. The fraction of sp³-hybridized carbons (Fsp3) is 0.625. The maximum atomic E-state index is 11.2. The van der Waals surface area contributed by atoms with Gasteiger partial charge in [0.25, 0.3) is 0 Å². The van der Waals surface area contributed by atoms with Crippen LogP contribution in [-0.2, 0) is 14.3 Å². The van der Waals surface area contributed by atoms with Gasteiger partial charge in [-0.05, 0) is 11.8 Å². The molecule has 1 amide bonds. The van der Waals surface area contributed by atoms with Gasteiger partial charge in [0.05, 0.1) is 13.2 Å². The van der Waals surface area contributed by atoms with E-state index in [1.807, 2.05) is 0 Å². The lowest BCUT2D eigenvalue weighted by molar-refractivity contribution is -0.109. The van der Waals surface area contributed by atoms with Crippen molar-refractivity contribution >= 4 is 64.2 Å². The number of aldehydes is 1. The summed E-state index contributed by atoms with van der Waals surface area (Å²) in [6, 6.07) is -0.872. The fourth-order valence-corrected chi connectivity index (χ4v) is 1.45. The van der Waals surface area contributed by atoms with E-state index in [1.54, 1.807) is 0 Å². The van der Waals surface area contributed by atoms with Crippen molar-refractivity contribution in [2.24, 2.45) is 0 Å². The van der Waals surface area contributed by atoms with Gasteiger partial charge in [0.2, 0.25) is 3.79 Å². The van der Waals surface area contributed by atoms with E-state index >= 15 is 0 Å². The zero-order valence-corrected chi connectivity index (χ0v) is 12.2. The maximum Gasteiger partial charge on any atom is 0.407 e. The molecule has 0 saturated carbocycles. The van der Waals surface area contributed by atoms with Crippen molar-refractivity contribution in [2.45, 2.75) is 9.83 Å². The van der Waals surface area contributed by atoms with Gasteiger partial charge in [-0.15, -0.1) is 0 Å². The van der Waals surface area contributed by atoms with E-state index in [0.29, 0.717) is 18.0 Å². The molecular formula is C8H10Cl3NO5S. The second-order valence-electron chi connectivity index (χ2n) is 2.84. The van der Waals surface area contributed by atoms with E-state index in [1.165, 1.54) is 0 Å². The first kappa shape index (κ1) is 17.6. The van der Waals surface area contributed by atoms with Crippen LogP contribution in [-0.4, -0.2) is 47.0 Å². The van der Waals surface area contributed by atoms with Crippen molar-refractivity contribution < 1.29 is 23.9 Å². The van der Waals surface area contributed by atoms with Crippen molar-refractivity contribution in [3.8, 4) is 0 Å². The standard InChI is InChI=1S/C8H10Cl3NO5S/c1-16-6(14)12-5(2-13)3-18-7(15)17-4-8(9,10)11/h2,5H,3-4H2,1H3,(H,12,14)/t5-/m1/s1. The molecule has 1 N–H and O–H groups in total. The molecule has 0 aromatic heterocycles. The highest BCUT2D eigenvalue weighted by Crippen LogP contribution is 2.26. The lowest BCUT2D eigenvalue weighted by Crippen LogP contribution is -2.38. The SMILES string of the molecule is COC(=O)N[C@H](C=O)CSC(=O)OCC(Cl)(Cl)Cl. The summed E-state index contributed by atoms with van der Waals surface area (Å²) in [6.07, 6.45) is -0.311. The molecule has 0 fully saturated rings. The van der Waals surface area contributed by atoms with Crippen LogP contribution in [0.4, 0.5) is 9.59 Å². The van der Waals surface area contributed by atoms with Crippen molar-refractivity contribution in [3.63, 3.8) is 0 Å². The summed E-state index contributed by atoms with van der Waals surface area (Å²) in [5, 5.41) is 1.49. The molecule has 0 rings (SSSR count). The van der Waals surface area contributed by atoms with Crippen LogP contribution in [0.2, 0.25) is 0 Å². The molecule has 0 aromatic rings. The van der Waals surface area contributed by atoms with Gasteiger partial charge < -0.3 is 19.6 Å². The van der Waals surface area contributed by atoms with Crippen molar-refractivity contribution in [2.75, 3.05) is 19.5 Å². The molecule has 0 bridgehead atoms. The molecule has 1 atom stereocenters. The van der Waals surface area contributed by atoms with Gasteiger partial charge >= 0.3 is 11.4 Å². The molecule has 0 aliphatic heterocycles. The van der Waals surface area contributed by atoms with Gasteiger partial charge in [-0.1, -0.05) is 34.8 Å². The Morgan fingerprint density at radius 2 is 2.06 bits per heavy atom. The highest BCUT2D eigenvalue weighted by Gasteiger charge is 2.23. The Morgan fingerprint density at radius 3 is 2.50 bits per heavy atom. The summed E-state index contributed by atoms with van der Waals surface area (Å²) in [7, 11) is 1.15. The average Bonchev–Trinajstić information content (AvgIpc) is 2.30. The zero-order chi connectivity index (χ0) is 14.2. The summed E-state index contributed by atoms with van der Waals surface area (Å²) in [5.74, 6) is -0.0166. The molecule has 104 valence electrons. The molecule has 0 spiro atoms. The lowest BCUT2D eigenvalue weighted by atomic mass is 10.4. The van der Waals surface area contributed by atoms with Gasteiger partial charge in [0.15, 0.2) is 0 Å². The van der Waals surface area contributed by atoms with Crippen LogP contribution in [0, 0.1) is 0 Å². The van der Waals surface area contributed by atoms with Gasteiger partial charge in [0.1, 0.15) is 12.9 Å². The van der Waals surface area contributed by atoms with E-state index in [2.05, 4.69) is 14.8 Å². The molecule has 18 heavy (non-hydrogen) atoms. The number of methoxy groups -OCH3 is 1. The minimum Gasteiger partial charge on any atom is -0.453 e. The number of rotatable bonds is 5. The smallest absolute Gasteiger partial charge is 0.407 e. The number of ether oxygens (including phenoxy) is 2. The summed E-state index contributed by atoms with van der Waals surface area (Å²) >= 11 is 16.8. The molecule has 0 saturated heterocycles. The Kier molecular flexibility index (Phi) is 8.51. The lowest BCUT2D eigenvalue weighted by Gasteiger charge is -2.12. The molecule has 0 aliphatic rings. The first-order valence-electron chi connectivity index (χ1n) is 4.44. The van der Waals surface area contributed by atoms with Crippen LogP contribution < -0.4 is 5.32 Å². The van der Waals surface area contributed by atoms with Crippen molar-refractivity contribution in [1.29, 1.82) is 0 Å².